The number of anilines is 1. The number of nitrogens with two attached hydrogens (primary N) is 1. The fourth-order valence-electron chi connectivity index (χ4n) is 2.24. The molecule has 18 heavy (non-hydrogen) atoms. The van der Waals surface area contributed by atoms with Crippen molar-refractivity contribution in [1.82, 2.24) is 14.7 Å². The molecule has 3 aromatic rings. The van der Waals surface area contributed by atoms with E-state index in [0.29, 0.717) is 12.3 Å². The quantitative estimate of drug-likeness (QED) is 0.761. The fraction of sp³-hybridized carbons (Fsp3) is 0.231. The first-order valence-corrected chi connectivity index (χ1v) is 5.85. The second kappa shape index (κ2) is 4.18. The Balaban J connectivity index is 1.86. The Hall–Kier alpha value is -2.30. The number of fused-ring (bicyclic) bond motifs is 1. The van der Waals surface area contributed by atoms with Crippen LogP contribution in [0, 0.1) is 0 Å². The van der Waals surface area contributed by atoms with Gasteiger partial charge in [0.05, 0.1) is 0 Å². The molecule has 5 heteroatoms. The van der Waals surface area contributed by atoms with Gasteiger partial charge in [-0.25, -0.2) is 0 Å². The van der Waals surface area contributed by atoms with Crippen LogP contribution in [0.1, 0.15) is 11.5 Å². The number of rotatable bonds is 3. The third-order valence-electron chi connectivity index (χ3n) is 3.07. The van der Waals surface area contributed by atoms with E-state index in [4.69, 9.17) is 10.3 Å². The van der Waals surface area contributed by atoms with Gasteiger partial charge in [0.1, 0.15) is 0 Å². The summed E-state index contributed by atoms with van der Waals surface area (Å²) < 4.78 is 7.14. The van der Waals surface area contributed by atoms with Crippen molar-refractivity contribution in [3.8, 4) is 0 Å². The molecule has 3 rings (SSSR count). The molecule has 0 spiro atoms. The second-order valence-electron chi connectivity index (χ2n) is 4.33. The van der Waals surface area contributed by atoms with E-state index in [1.54, 1.807) is 0 Å². The van der Waals surface area contributed by atoms with E-state index in [9.17, 15) is 0 Å². The van der Waals surface area contributed by atoms with Gasteiger partial charge in [-0.1, -0.05) is 18.2 Å². The van der Waals surface area contributed by atoms with E-state index in [-0.39, 0.29) is 5.95 Å². The van der Waals surface area contributed by atoms with Gasteiger partial charge in [-0.05, 0) is 23.2 Å². The van der Waals surface area contributed by atoms with Crippen molar-refractivity contribution in [1.29, 1.82) is 0 Å². The molecule has 92 valence electrons. The number of aromatic nitrogens is 3. The minimum absolute atomic E-state index is 0.197. The van der Waals surface area contributed by atoms with Crippen LogP contribution in [0.25, 0.3) is 10.9 Å². The molecule has 0 atom stereocenters. The van der Waals surface area contributed by atoms with E-state index in [0.717, 1.165) is 6.42 Å². The van der Waals surface area contributed by atoms with Gasteiger partial charge in [-0.15, -0.1) is 0 Å². The lowest BCUT2D eigenvalue weighted by atomic mass is 10.1. The largest absolute Gasteiger partial charge is 0.365 e. The van der Waals surface area contributed by atoms with Crippen molar-refractivity contribution in [2.24, 2.45) is 7.05 Å². The Morgan fingerprint density at radius 2 is 2.11 bits per heavy atom. The number of nitrogens with zero attached hydrogens (tertiary/aromatic N) is 3. The average molecular weight is 242 g/mol. The number of hydrogen-bond acceptors (Lipinski definition) is 4. The number of hydrogen-bond donors (Lipinski definition) is 1. The zero-order valence-corrected chi connectivity index (χ0v) is 10.1. The minimum Gasteiger partial charge on any atom is -0.365 e. The Kier molecular flexibility index (Phi) is 2.51. The Bertz CT molecular complexity index is 683. The molecule has 0 aliphatic heterocycles. The molecule has 0 fully saturated rings. The topological polar surface area (TPSA) is 69.9 Å². The molecule has 0 bridgehead atoms. The summed E-state index contributed by atoms with van der Waals surface area (Å²) in [5.74, 6) is 0.781. The van der Waals surface area contributed by atoms with Gasteiger partial charge in [-0.3, -0.25) is 0 Å². The van der Waals surface area contributed by atoms with Gasteiger partial charge in [0.15, 0.2) is 0 Å². The van der Waals surface area contributed by atoms with Gasteiger partial charge >= 0.3 is 0 Å². The Morgan fingerprint density at radius 3 is 2.89 bits per heavy atom. The van der Waals surface area contributed by atoms with Crippen LogP contribution in [0.15, 0.2) is 35.0 Å². The van der Waals surface area contributed by atoms with Crippen molar-refractivity contribution >= 4 is 16.9 Å². The zero-order valence-electron chi connectivity index (χ0n) is 10.1. The lowest BCUT2D eigenvalue weighted by Crippen LogP contribution is -1.92. The zero-order chi connectivity index (χ0) is 12.5. The number of benzene rings is 1. The van der Waals surface area contributed by atoms with Crippen molar-refractivity contribution in [2.75, 3.05) is 5.73 Å². The summed E-state index contributed by atoms with van der Waals surface area (Å²) in [6.07, 6.45) is 3.71. The first kappa shape index (κ1) is 10.8. The van der Waals surface area contributed by atoms with E-state index in [2.05, 4.69) is 46.2 Å². The Labute approximate surface area is 104 Å². The third-order valence-corrected chi connectivity index (χ3v) is 3.07. The van der Waals surface area contributed by atoms with Gasteiger partial charge < -0.3 is 14.8 Å². The normalized spacial score (nSPS) is 11.2. The first-order valence-electron chi connectivity index (χ1n) is 5.85. The van der Waals surface area contributed by atoms with Crippen LogP contribution in [0.3, 0.4) is 0 Å². The predicted octanol–water partition coefficient (Wildman–Crippen LogP) is 1.93. The molecule has 5 nitrogen and oxygen atoms in total. The predicted molar refractivity (Wildman–Crippen MR) is 69.0 cm³/mol. The maximum absolute atomic E-state index is 5.42. The summed E-state index contributed by atoms with van der Waals surface area (Å²) in [6.45, 7) is 0. The maximum atomic E-state index is 5.42. The van der Waals surface area contributed by atoms with Crippen LogP contribution >= 0.6 is 0 Å². The van der Waals surface area contributed by atoms with Crippen LogP contribution < -0.4 is 5.73 Å². The highest BCUT2D eigenvalue weighted by molar-refractivity contribution is 5.83. The summed E-state index contributed by atoms with van der Waals surface area (Å²) in [6, 6.07) is 8.34. The molecule has 0 saturated carbocycles. The van der Waals surface area contributed by atoms with Crippen LogP contribution in [0.5, 0.6) is 0 Å². The molecule has 2 heterocycles. The SMILES string of the molecule is Cn1cc(CCc2nc(N)no2)c2ccccc21. The number of para-hydroxylation sites is 1. The van der Waals surface area contributed by atoms with Gasteiger partial charge in [0, 0.05) is 30.6 Å². The van der Waals surface area contributed by atoms with E-state index >= 15 is 0 Å². The molecule has 0 saturated heterocycles. The van der Waals surface area contributed by atoms with Crippen LogP contribution in [0.4, 0.5) is 5.95 Å². The van der Waals surface area contributed by atoms with E-state index in [1.165, 1.54) is 16.5 Å². The molecule has 0 aliphatic carbocycles. The van der Waals surface area contributed by atoms with Crippen molar-refractivity contribution in [2.45, 2.75) is 12.8 Å². The molecule has 0 amide bonds. The van der Waals surface area contributed by atoms with Crippen molar-refractivity contribution in [3.05, 3.63) is 41.9 Å². The molecule has 0 radical (unpaired) electrons. The smallest absolute Gasteiger partial charge is 0.260 e. The van der Waals surface area contributed by atoms with E-state index < -0.39 is 0 Å². The average Bonchev–Trinajstić information content (AvgIpc) is 2.92. The lowest BCUT2D eigenvalue weighted by Gasteiger charge is -1.95. The highest BCUT2D eigenvalue weighted by atomic mass is 16.5. The molecule has 2 N–H and O–H groups in total. The first-order chi connectivity index (χ1) is 8.74. The lowest BCUT2D eigenvalue weighted by molar-refractivity contribution is 0.379. The summed E-state index contributed by atoms with van der Waals surface area (Å²) >= 11 is 0. The Morgan fingerprint density at radius 1 is 1.28 bits per heavy atom. The van der Waals surface area contributed by atoms with Crippen LogP contribution in [0.2, 0.25) is 0 Å². The summed E-state index contributed by atoms with van der Waals surface area (Å²) in [4.78, 5) is 4.01. The van der Waals surface area contributed by atoms with Crippen molar-refractivity contribution in [3.63, 3.8) is 0 Å². The summed E-state index contributed by atoms with van der Waals surface area (Å²) in [5, 5.41) is 4.85. The maximum Gasteiger partial charge on any atom is 0.260 e. The van der Waals surface area contributed by atoms with E-state index in [1.807, 2.05) is 6.07 Å². The molecule has 2 aromatic heterocycles. The van der Waals surface area contributed by atoms with Crippen LogP contribution in [-0.2, 0) is 19.9 Å². The molecule has 1 aromatic carbocycles. The van der Waals surface area contributed by atoms with Crippen LogP contribution in [-0.4, -0.2) is 14.7 Å². The summed E-state index contributed by atoms with van der Waals surface area (Å²) in [5.41, 5.74) is 7.94. The summed E-state index contributed by atoms with van der Waals surface area (Å²) in [7, 11) is 2.05. The highest BCUT2D eigenvalue weighted by Gasteiger charge is 2.08. The number of nitrogen functional groups attached to an aromatic ring is 1. The third kappa shape index (κ3) is 1.84. The minimum atomic E-state index is 0.197. The van der Waals surface area contributed by atoms with Crippen molar-refractivity contribution < 1.29 is 4.52 Å². The fourth-order valence-corrected chi connectivity index (χ4v) is 2.24. The monoisotopic (exact) mass is 242 g/mol. The molecular formula is C13H14N4O. The molecule has 0 aliphatic rings. The second-order valence-corrected chi connectivity index (χ2v) is 4.33. The standard InChI is InChI=1S/C13H14N4O/c1-17-8-9(10-4-2-3-5-11(10)17)6-7-12-15-13(14)16-18-12/h2-5,8H,6-7H2,1H3,(H2,14,16). The highest BCUT2D eigenvalue weighted by Crippen LogP contribution is 2.21. The van der Waals surface area contributed by atoms with Gasteiger partial charge in [0.25, 0.3) is 5.95 Å². The molecular weight excluding hydrogens is 228 g/mol. The van der Waals surface area contributed by atoms with Gasteiger partial charge in [0.2, 0.25) is 5.89 Å². The number of aryl methyl sites for hydroxylation is 3. The van der Waals surface area contributed by atoms with Gasteiger partial charge in [-0.2, -0.15) is 4.98 Å². The molecule has 0 unspecified atom stereocenters.